The first-order valence-electron chi connectivity index (χ1n) is 7.73. The van der Waals surface area contributed by atoms with Gasteiger partial charge in [-0.3, -0.25) is 4.79 Å². The molecule has 1 aromatic carbocycles. The van der Waals surface area contributed by atoms with E-state index in [2.05, 4.69) is 20.5 Å². The van der Waals surface area contributed by atoms with E-state index >= 15 is 0 Å². The minimum absolute atomic E-state index is 0.257. The summed E-state index contributed by atoms with van der Waals surface area (Å²) in [6, 6.07) is 5.70. The highest BCUT2D eigenvalue weighted by molar-refractivity contribution is 6.42. The number of benzene rings is 1. The molecule has 0 aromatic heterocycles. The van der Waals surface area contributed by atoms with E-state index < -0.39 is 0 Å². The maximum Gasteiger partial charge on any atom is 0.273 e. The Labute approximate surface area is 137 Å². The normalized spacial score (nSPS) is 12.0. The van der Waals surface area contributed by atoms with Crippen LogP contribution in [0.5, 0.6) is 0 Å². The van der Waals surface area contributed by atoms with Crippen molar-refractivity contribution in [3.63, 3.8) is 0 Å². The van der Waals surface area contributed by atoms with Crippen LogP contribution in [-0.2, 0) is 14.5 Å². The van der Waals surface area contributed by atoms with Crippen LogP contribution in [0.4, 0.5) is 5.69 Å². The molecule has 0 aliphatic carbocycles. The summed E-state index contributed by atoms with van der Waals surface area (Å²) in [6.45, 7) is 8.18. The molecule has 0 bridgehead atoms. The van der Waals surface area contributed by atoms with Crippen LogP contribution in [0.25, 0.3) is 0 Å². The molecule has 0 saturated carbocycles. The van der Waals surface area contributed by atoms with Gasteiger partial charge in [0.15, 0.2) is 0 Å². The van der Waals surface area contributed by atoms with Gasteiger partial charge >= 0.3 is 0 Å². The third kappa shape index (κ3) is 5.39. The molecule has 1 N–H and O–H groups in total. The van der Waals surface area contributed by atoms with Crippen molar-refractivity contribution in [3.05, 3.63) is 29.3 Å². The second-order valence-electron chi connectivity index (χ2n) is 5.02. The van der Waals surface area contributed by atoms with E-state index in [0.717, 1.165) is 35.4 Å². The van der Waals surface area contributed by atoms with Crippen molar-refractivity contribution in [1.82, 2.24) is 0 Å². The molecule has 0 atom stereocenters. The van der Waals surface area contributed by atoms with Crippen molar-refractivity contribution in [2.45, 2.75) is 40.5 Å². The molecule has 0 fully saturated rings. The molecular formula is C17H25N3O3. The van der Waals surface area contributed by atoms with Gasteiger partial charge in [-0.2, -0.15) is 0 Å². The zero-order valence-electron chi connectivity index (χ0n) is 14.5. The van der Waals surface area contributed by atoms with Gasteiger partial charge in [0, 0.05) is 11.3 Å². The summed E-state index contributed by atoms with van der Waals surface area (Å²) in [5, 5.41) is 10.7. The number of amides is 1. The molecule has 0 unspecified atom stereocenters. The number of hydrogen-bond donors (Lipinski definition) is 1. The van der Waals surface area contributed by atoms with Crippen LogP contribution in [0.15, 0.2) is 28.5 Å². The van der Waals surface area contributed by atoms with Crippen molar-refractivity contribution in [3.8, 4) is 0 Å². The zero-order chi connectivity index (χ0) is 17.2. The average molecular weight is 319 g/mol. The second kappa shape index (κ2) is 9.61. The SMILES string of the molecule is CCCO/N=C(\CC)c1cccc(NC(=O)/C(C)=N/OC)c1C. The van der Waals surface area contributed by atoms with Crippen LogP contribution < -0.4 is 5.32 Å². The first-order valence-corrected chi connectivity index (χ1v) is 7.73. The number of hydrogen-bond acceptors (Lipinski definition) is 5. The summed E-state index contributed by atoms with van der Waals surface area (Å²) in [4.78, 5) is 22.0. The number of oxime groups is 2. The largest absolute Gasteiger partial charge is 0.399 e. The van der Waals surface area contributed by atoms with Crippen molar-refractivity contribution in [2.24, 2.45) is 10.3 Å². The minimum atomic E-state index is -0.302. The topological polar surface area (TPSA) is 72.3 Å². The van der Waals surface area contributed by atoms with Gasteiger partial charge < -0.3 is 15.0 Å². The lowest BCUT2D eigenvalue weighted by molar-refractivity contribution is -0.110. The van der Waals surface area contributed by atoms with E-state index in [0.29, 0.717) is 6.61 Å². The standard InChI is InChI=1S/C17H25N3O3/c1-6-11-23-20-15(7-2)14-9-8-10-16(12(14)3)18-17(21)13(4)19-22-5/h8-10H,6-7,11H2,1-5H3,(H,18,21)/b19-13+,20-15+. The highest BCUT2D eigenvalue weighted by Gasteiger charge is 2.13. The van der Waals surface area contributed by atoms with Gasteiger partial charge in [0.2, 0.25) is 0 Å². The molecule has 0 aliphatic rings. The van der Waals surface area contributed by atoms with Crippen LogP contribution in [-0.4, -0.2) is 31.0 Å². The molecule has 6 nitrogen and oxygen atoms in total. The maximum atomic E-state index is 12.0. The lowest BCUT2D eigenvalue weighted by atomic mass is 10.0. The Morgan fingerprint density at radius 2 is 2.00 bits per heavy atom. The molecule has 0 radical (unpaired) electrons. The summed E-state index contributed by atoms with van der Waals surface area (Å²) in [6.07, 6.45) is 1.65. The van der Waals surface area contributed by atoms with Gasteiger partial charge in [-0.25, -0.2) is 0 Å². The van der Waals surface area contributed by atoms with Crippen LogP contribution in [0, 0.1) is 6.92 Å². The maximum absolute atomic E-state index is 12.0. The summed E-state index contributed by atoms with van der Waals surface area (Å²) in [7, 11) is 1.41. The minimum Gasteiger partial charge on any atom is -0.399 e. The Bertz CT molecular complexity index is 595. The Hall–Kier alpha value is -2.37. The molecule has 1 amide bonds. The fraction of sp³-hybridized carbons (Fsp3) is 0.471. The number of nitrogens with zero attached hydrogens (tertiary/aromatic N) is 2. The van der Waals surface area contributed by atoms with Crippen molar-refractivity contribution >= 4 is 23.0 Å². The van der Waals surface area contributed by atoms with Crippen LogP contribution in [0.1, 0.15) is 44.7 Å². The molecule has 0 heterocycles. The van der Waals surface area contributed by atoms with Gasteiger partial charge in [0.05, 0.1) is 5.71 Å². The van der Waals surface area contributed by atoms with Gasteiger partial charge in [0.25, 0.3) is 5.91 Å². The van der Waals surface area contributed by atoms with E-state index in [9.17, 15) is 4.79 Å². The van der Waals surface area contributed by atoms with Crippen LogP contribution >= 0.6 is 0 Å². The van der Waals surface area contributed by atoms with E-state index in [1.54, 1.807) is 6.92 Å². The van der Waals surface area contributed by atoms with Gasteiger partial charge in [-0.1, -0.05) is 36.3 Å². The monoisotopic (exact) mass is 319 g/mol. The Morgan fingerprint density at radius 1 is 1.26 bits per heavy atom. The van der Waals surface area contributed by atoms with Crippen molar-refractivity contribution in [2.75, 3.05) is 19.0 Å². The van der Waals surface area contributed by atoms with Crippen molar-refractivity contribution in [1.29, 1.82) is 0 Å². The van der Waals surface area contributed by atoms with Gasteiger partial charge in [-0.15, -0.1) is 0 Å². The number of carbonyl (C=O) groups is 1. The number of rotatable bonds is 8. The quantitative estimate of drug-likeness (QED) is 0.453. The van der Waals surface area contributed by atoms with Gasteiger partial charge in [-0.05, 0) is 38.3 Å². The predicted octanol–water partition coefficient (Wildman–Crippen LogP) is 3.50. The fourth-order valence-corrected chi connectivity index (χ4v) is 1.99. The van der Waals surface area contributed by atoms with E-state index in [1.807, 2.05) is 39.0 Å². The molecule has 0 spiro atoms. The summed E-state index contributed by atoms with van der Waals surface area (Å²) in [5.41, 5.74) is 3.73. The number of nitrogens with one attached hydrogen (secondary N) is 1. The van der Waals surface area contributed by atoms with E-state index in [-0.39, 0.29) is 11.6 Å². The summed E-state index contributed by atoms with van der Waals surface area (Å²) >= 11 is 0. The van der Waals surface area contributed by atoms with Crippen LogP contribution in [0.3, 0.4) is 0 Å². The molecule has 0 aliphatic heterocycles. The first kappa shape index (κ1) is 18.7. The second-order valence-corrected chi connectivity index (χ2v) is 5.02. The molecule has 126 valence electrons. The average Bonchev–Trinajstić information content (AvgIpc) is 2.54. The lowest BCUT2D eigenvalue weighted by Gasteiger charge is -2.13. The third-order valence-corrected chi connectivity index (χ3v) is 3.25. The molecule has 0 saturated heterocycles. The molecule has 1 rings (SSSR count). The molecular weight excluding hydrogens is 294 g/mol. The Morgan fingerprint density at radius 3 is 2.61 bits per heavy atom. The number of anilines is 1. The zero-order valence-corrected chi connectivity index (χ0v) is 14.5. The summed E-state index contributed by atoms with van der Waals surface area (Å²) < 4.78 is 0. The lowest BCUT2D eigenvalue weighted by Crippen LogP contribution is -2.21. The highest BCUT2D eigenvalue weighted by Crippen LogP contribution is 2.21. The van der Waals surface area contributed by atoms with Gasteiger partial charge in [0.1, 0.15) is 19.4 Å². The highest BCUT2D eigenvalue weighted by atomic mass is 16.6. The molecule has 6 heteroatoms. The van der Waals surface area contributed by atoms with Crippen LogP contribution in [0.2, 0.25) is 0 Å². The summed E-state index contributed by atoms with van der Waals surface area (Å²) in [5.74, 6) is -0.302. The molecule has 23 heavy (non-hydrogen) atoms. The first-order chi connectivity index (χ1) is 11.0. The Balaban J connectivity index is 3.04. The number of carbonyl (C=O) groups excluding carboxylic acids is 1. The smallest absolute Gasteiger partial charge is 0.273 e. The third-order valence-electron chi connectivity index (χ3n) is 3.25. The van der Waals surface area contributed by atoms with E-state index in [4.69, 9.17) is 4.84 Å². The Kier molecular flexibility index (Phi) is 7.80. The predicted molar refractivity (Wildman–Crippen MR) is 93.0 cm³/mol. The van der Waals surface area contributed by atoms with E-state index in [1.165, 1.54) is 7.11 Å². The van der Waals surface area contributed by atoms with Crippen molar-refractivity contribution < 1.29 is 14.5 Å². The molecule has 1 aromatic rings. The fourth-order valence-electron chi connectivity index (χ4n) is 1.99.